The quantitative estimate of drug-likeness (QED) is 0.314. The van der Waals surface area contributed by atoms with Crippen LogP contribution in [-0.4, -0.2) is 64.8 Å². The van der Waals surface area contributed by atoms with Crippen molar-refractivity contribution >= 4 is 29.6 Å². The second-order valence-electron chi connectivity index (χ2n) is 12.6. The van der Waals surface area contributed by atoms with Gasteiger partial charge in [0.25, 0.3) is 5.91 Å². The summed E-state index contributed by atoms with van der Waals surface area (Å²) in [5.74, 6) is -2.90. The molecule has 1 aliphatic carbocycles. The van der Waals surface area contributed by atoms with Crippen LogP contribution < -0.4 is 16.4 Å². The number of ketones is 1. The van der Waals surface area contributed by atoms with E-state index in [4.69, 9.17) is 10.5 Å². The van der Waals surface area contributed by atoms with Gasteiger partial charge in [-0.1, -0.05) is 45.3 Å². The van der Waals surface area contributed by atoms with E-state index in [1.165, 1.54) is 4.90 Å². The first-order valence-corrected chi connectivity index (χ1v) is 13.0. The summed E-state index contributed by atoms with van der Waals surface area (Å²) in [5.41, 5.74) is 4.80. The number of ether oxygens (including phenoxy) is 1. The number of carbonyl (C=O) groups is 5. The van der Waals surface area contributed by atoms with Crippen LogP contribution in [0.2, 0.25) is 0 Å². The summed E-state index contributed by atoms with van der Waals surface area (Å²) in [5, 5.41) is 5.42. The standard InChI is InChI=1S/C27H44N4O6/c1-15(2)13-17-11-12-31(24(35)21(26(3,4)5)30-25(36)37-27(6,7)8)19(17)23(34)29-18(14-16-9-10-16)20(32)22(28)33/h13,16-19,21H,9-12,14H2,1-8H3,(H2,28,33)(H,29,34)(H,30,36)/t17-,18?,19+,21-/m1/s1. The monoisotopic (exact) mass is 520 g/mol. The van der Waals surface area contributed by atoms with E-state index in [2.05, 4.69) is 10.6 Å². The van der Waals surface area contributed by atoms with Crippen LogP contribution in [0.4, 0.5) is 4.79 Å². The molecule has 4 amide bonds. The number of amides is 4. The maximum Gasteiger partial charge on any atom is 0.408 e. The number of primary amides is 1. The highest BCUT2D eigenvalue weighted by molar-refractivity contribution is 6.37. The SMILES string of the molecule is CC(C)=C[C@H]1CCN(C(=O)[C@@H](NC(=O)OC(C)(C)C)C(C)(C)C)[C@@H]1C(=O)NC(CC1CC1)C(=O)C(N)=O. The highest BCUT2D eigenvalue weighted by atomic mass is 16.6. The van der Waals surface area contributed by atoms with Gasteiger partial charge >= 0.3 is 6.09 Å². The summed E-state index contributed by atoms with van der Waals surface area (Å²) in [6.45, 7) is 14.8. The van der Waals surface area contributed by atoms with Gasteiger partial charge in [-0.05, 0) is 58.8 Å². The van der Waals surface area contributed by atoms with Gasteiger partial charge in [-0.15, -0.1) is 0 Å². The van der Waals surface area contributed by atoms with Crippen LogP contribution in [0.15, 0.2) is 11.6 Å². The zero-order valence-corrected chi connectivity index (χ0v) is 23.5. The molecule has 0 aromatic heterocycles. The van der Waals surface area contributed by atoms with Crippen molar-refractivity contribution in [2.75, 3.05) is 6.54 Å². The molecule has 1 heterocycles. The Balaban J connectivity index is 2.35. The third-order valence-electron chi connectivity index (χ3n) is 6.46. The van der Waals surface area contributed by atoms with Crippen molar-refractivity contribution in [2.24, 2.45) is 23.0 Å². The first kappa shape index (κ1) is 30.3. The average molecular weight is 521 g/mol. The molecular formula is C27H44N4O6. The van der Waals surface area contributed by atoms with Crippen LogP contribution in [0.1, 0.15) is 81.1 Å². The molecule has 4 N–H and O–H groups in total. The lowest BCUT2D eigenvalue weighted by molar-refractivity contribution is -0.144. The van der Waals surface area contributed by atoms with E-state index >= 15 is 0 Å². The summed E-state index contributed by atoms with van der Waals surface area (Å²) >= 11 is 0. The predicted octanol–water partition coefficient (Wildman–Crippen LogP) is 2.45. The maximum absolute atomic E-state index is 13.9. The lowest BCUT2D eigenvalue weighted by Crippen LogP contribution is -2.60. The van der Waals surface area contributed by atoms with Crippen molar-refractivity contribution in [3.63, 3.8) is 0 Å². The van der Waals surface area contributed by atoms with Gasteiger partial charge in [0.2, 0.25) is 17.6 Å². The topological polar surface area (TPSA) is 148 Å². The molecule has 2 rings (SSSR count). The minimum atomic E-state index is -1.10. The van der Waals surface area contributed by atoms with Gasteiger partial charge in [0.05, 0.1) is 6.04 Å². The van der Waals surface area contributed by atoms with Gasteiger partial charge in [-0.3, -0.25) is 19.2 Å². The minimum absolute atomic E-state index is 0.256. The molecule has 1 saturated heterocycles. The second-order valence-corrected chi connectivity index (χ2v) is 12.6. The number of carbonyl (C=O) groups excluding carboxylic acids is 5. The number of nitrogens with two attached hydrogens (primary N) is 1. The van der Waals surface area contributed by atoms with Crippen molar-refractivity contribution in [1.29, 1.82) is 0 Å². The predicted molar refractivity (Wildman–Crippen MR) is 139 cm³/mol. The zero-order chi connectivity index (χ0) is 28.3. The van der Waals surface area contributed by atoms with E-state index in [-0.39, 0.29) is 11.8 Å². The normalized spacial score (nSPS) is 21.5. The molecule has 2 fully saturated rings. The molecule has 1 saturated carbocycles. The maximum atomic E-state index is 13.9. The Bertz CT molecular complexity index is 938. The summed E-state index contributed by atoms with van der Waals surface area (Å²) in [7, 11) is 0. The molecule has 10 nitrogen and oxygen atoms in total. The second kappa shape index (κ2) is 11.6. The van der Waals surface area contributed by atoms with E-state index in [0.717, 1.165) is 18.4 Å². The fourth-order valence-electron chi connectivity index (χ4n) is 4.59. The van der Waals surface area contributed by atoms with Crippen LogP contribution in [0.3, 0.4) is 0 Å². The van der Waals surface area contributed by atoms with Crippen molar-refractivity contribution in [1.82, 2.24) is 15.5 Å². The van der Waals surface area contributed by atoms with Crippen LogP contribution in [0, 0.1) is 17.3 Å². The highest BCUT2D eigenvalue weighted by Gasteiger charge is 2.47. The lowest BCUT2D eigenvalue weighted by atomic mass is 9.85. The Kier molecular flexibility index (Phi) is 9.54. The number of hydrogen-bond donors (Lipinski definition) is 3. The van der Waals surface area contributed by atoms with Gasteiger partial charge in [0.1, 0.15) is 17.7 Å². The molecule has 2 aliphatic rings. The van der Waals surface area contributed by atoms with E-state index < -0.39 is 58.7 Å². The van der Waals surface area contributed by atoms with Crippen molar-refractivity contribution < 1.29 is 28.7 Å². The van der Waals surface area contributed by atoms with Crippen LogP contribution in [0.25, 0.3) is 0 Å². The number of hydrogen-bond acceptors (Lipinski definition) is 6. The van der Waals surface area contributed by atoms with Gasteiger partial charge < -0.3 is 26.0 Å². The van der Waals surface area contributed by atoms with E-state index in [0.29, 0.717) is 19.4 Å². The number of Topliss-reactive ketones (excluding diaryl/α,β-unsaturated/α-hetero) is 1. The summed E-state index contributed by atoms with van der Waals surface area (Å²) < 4.78 is 5.38. The molecule has 0 radical (unpaired) electrons. The fourth-order valence-corrected chi connectivity index (χ4v) is 4.59. The van der Waals surface area contributed by atoms with Crippen molar-refractivity contribution in [2.45, 2.75) is 105 Å². The Morgan fingerprint density at radius 3 is 2.05 bits per heavy atom. The van der Waals surface area contributed by atoms with E-state index in [1.807, 2.05) is 40.7 Å². The summed E-state index contributed by atoms with van der Waals surface area (Å²) in [4.78, 5) is 65.6. The fraction of sp³-hybridized carbons (Fsp3) is 0.741. The Labute approximate surface area is 220 Å². The number of alkyl carbamates (subject to hydrolysis) is 1. The molecule has 1 unspecified atom stereocenters. The van der Waals surface area contributed by atoms with Crippen LogP contribution in [-0.2, 0) is 23.9 Å². The molecule has 0 aromatic rings. The highest BCUT2D eigenvalue weighted by Crippen LogP contribution is 2.34. The molecule has 1 aliphatic heterocycles. The molecule has 0 aromatic carbocycles. The van der Waals surface area contributed by atoms with Gasteiger partial charge in [0, 0.05) is 12.5 Å². The first-order chi connectivity index (χ1) is 16.9. The Morgan fingerprint density at radius 1 is 1.00 bits per heavy atom. The molecule has 4 atom stereocenters. The molecule has 0 spiro atoms. The zero-order valence-electron chi connectivity index (χ0n) is 23.5. The third-order valence-corrected chi connectivity index (χ3v) is 6.46. The molecule has 208 valence electrons. The van der Waals surface area contributed by atoms with Gasteiger partial charge in [-0.25, -0.2) is 4.79 Å². The third kappa shape index (κ3) is 8.86. The van der Waals surface area contributed by atoms with Gasteiger partial charge in [-0.2, -0.15) is 0 Å². The number of rotatable bonds is 9. The van der Waals surface area contributed by atoms with E-state index in [1.54, 1.807) is 20.8 Å². The molecule has 0 bridgehead atoms. The minimum Gasteiger partial charge on any atom is -0.444 e. The Morgan fingerprint density at radius 2 is 1.59 bits per heavy atom. The van der Waals surface area contributed by atoms with Gasteiger partial charge in [0.15, 0.2) is 0 Å². The molecule has 37 heavy (non-hydrogen) atoms. The first-order valence-electron chi connectivity index (χ1n) is 13.0. The average Bonchev–Trinajstić information content (AvgIpc) is 3.45. The summed E-state index contributed by atoms with van der Waals surface area (Å²) in [6.07, 6.45) is 3.95. The molecule has 10 heteroatoms. The van der Waals surface area contributed by atoms with Crippen LogP contribution >= 0.6 is 0 Å². The largest absolute Gasteiger partial charge is 0.444 e. The Hall–Kier alpha value is -2.91. The molecular weight excluding hydrogens is 476 g/mol. The van der Waals surface area contributed by atoms with Crippen LogP contribution in [0.5, 0.6) is 0 Å². The number of allylic oxidation sites excluding steroid dienone is 1. The number of nitrogens with zero attached hydrogens (tertiary/aromatic N) is 1. The number of nitrogens with one attached hydrogen (secondary N) is 2. The summed E-state index contributed by atoms with van der Waals surface area (Å²) in [6, 6.07) is -2.90. The smallest absolute Gasteiger partial charge is 0.408 e. The number of likely N-dealkylation sites (tertiary alicyclic amines) is 1. The van der Waals surface area contributed by atoms with Crippen molar-refractivity contribution in [3.05, 3.63) is 11.6 Å². The van der Waals surface area contributed by atoms with E-state index in [9.17, 15) is 24.0 Å². The lowest BCUT2D eigenvalue weighted by Gasteiger charge is -2.36. The van der Waals surface area contributed by atoms with Crippen molar-refractivity contribution in [3.8, 4) is 0 Å².